The zero-order valence-corrected chi connectivity index (χ0v) is 13.3. The minimum Gasteiger partial charge on any atom is -0.496 e. The Balaban J connectivity index is 3.32. The van der Waals surface area contributed by atoms with Crippen molar-refractivity contribution in [1.82, 2.24) is 4.90 Å². The van der Waals surface area contributed by atoms with Gasteiger partial charge in [0.25, 0.3) is 0 Å². The van der Waals surface area contributed by atoms with Gasteiger partial charge < -0.3 is 9.64 Å². The molecule has 1 rings (SSSR count). The zero-order valence-electron chi connectivity index (χ0n) is 12.4. The van der Waals surface area contributed by atoms with E-state index in [-0.39, 0.29) is 0 Å². The van der Waals surface area contributed by atoms with Crippen LogP contribution >= 0.6 is 12.6 Å². The second kappa shape index (κ2) is 6.48. The summed E-state index contributed by atoms with van der Waals surface area (Å²) in [5.41, 5.74) is 5.18. The summed E-state index contributed by atoms with van der Waals surface area (Å²) in [5.74, 6) is 1.91. The lowest BCUT2D eigenvalue weighted by Gasteiger charge is -2.28. The smallest absolute Gasteiger partial charge is 0.124 e. The van der Waals surface area contributed by atoms with E-state index < -0.39 is 0 Å². The molecule has 0 radical (unpaired) electrons. The van der Waals surface area contributed by atoms with Crippen LogP contribution in [0, 0.1) is 20.8 Å². The highest BCUT2D eigenvalue weighted by Gasteiger charge is 2.19. The largest absolute Gasteiger partial charge is 0.496 e. The third-order valence-corrected chi connectivity index (χ3v) is 3.91. The normalized spacial score (nSPS) is 12.9. The molecule has 0 spiro atoms. The molecule has 2 nitrogen and oxygen atoms in total. The molecule has 0 N–H and O–H groups in total. The Kier molecular flexibility index (Phi) is 5.54. The minimum absolute atomic E-state index is 0.422. The predicted octanol–water partition coefficient (Wildman–Crippen LogP) is 3.54. The fourth-order valence-electron chi connectivity index (χ4n) is 2.56. The standard InChI is InChI=1S/C15H25NOS/c1-10-9-13(14(7-8-18)16(4)5)11(2)12(3)15(10)17-6/h9,14,18H,7-8H2,1-6H3. The molecule has 0 saturated heterocycles. The molecule has 0 saturated carbocycles. The van der Waals surface area contributed by atoms with E-state index in [1.54, 1.807) is 7.11 Å². The predicted molar refractivity (Wildman–Crippen MR) is 82.1 cm³/mol. The van der Waals surface area contributed by atoms with Gasteiger partial charge in [-0.05, 0) is 69.3 Å². The van der Waals surface area contributed by atoms with Crippen LogP contribution in [0.15, 0.2) is 6.07 Å². The summed E-state index contributed by atoms with van der Waals surface area (Å²) in [4.78, 5) is 2.27. The molecule has 0 aliphatic carbocycles. The van der Waals surface area contributed by atoms with Crippen LogP contribution in [-0.2, 0) is 0 Å². The van der Waals surface area contributed by atoms with Crippen LogP contribution in [0.3, 0.4) is 0 Å². The number of hydrogen-bond donors (Lipinski definition) is 1. The maximum atomic E-state index is 5.48. The van der Waals surface area contributed by atoms with Crippen LogP contribution in [0.1, 0.15) is 34.7 Å². The van der Waals surface area contributed by atoms with Crippen molar-refractivity contribution in [1.29, 1.82) is 0 Å². The molecule has 0 aliphatic rings. The molecular weight excluding hydrogens is 242 g/mol. The summed E-state index contributed by atoms with van der Waals surface area (Å²) in [7, 11) is 6.00. The summed E-state index contributed by atoms with van der Waals surface area (Å²) in [6.07, 6.45) is 1.06. The summed E-state index contributed by atoms with van der Waals surface area (Å²) >= 11 is 4.38. The first-order valence-electron chi connectivity index (χ1n) is 6.36. The van der Waals surface area contributed by atoms with Crippen LogP contribution in [0.4, 0.5) is 0 Å². The molecule has 0 bridgehead atoms. The Hall–Kier alpha value is -0.670. The molecule has 0 amide bonds. The van der Waals surface area contributed by atoms with E-state index in [4.69, 9.17) is 4.74 Å². The molecular formula is C15H25NOS. The molecule has 0 heterocycles. The Labute approximate surface area is 117 Å². The molecule has 0 aromatic heterocycles. The SMILES string of the molecule is COc1c(C)cc(C(CCS)N(C)C)c(C)c1C. The third-order valence-electron chi connectivity index (χ3n) is 3.66. The van der Waals surface area contributed by atoms with Crippen molar-refractivity contribution in [2.45, 2.75) is 33.2 Å². The van der Waals surface area contributed by atoms with Gasteiger partial charge in [0.15, 0.2) is 0 Å². The molecule has 0 aliphatic heterocycles. The van der Waals surface area contributed by atoms with Crippen LogP contribution in [-0.4, -0.2) is 31.9 Å². The summed E-state index contributed by atoms with van der Waals surface area (Å²) in [6.45, 7) is 6.43. The van der Waals surface area contributed by atoms with E-state index in [1.165, 1.54) is 22.3 Å². The number of aryl methyl sites for hydroxylation is 1. The van der Waals surface area contributed by atoms with Gasteiger partial charge in [-0.25, -0.2) is 0 Å². The second-order valence-electron chi connectivity index (χ2n) is 5.06. The number of hydrogen-bond acceptors (Lipinski definition) is 3. The summed E-state index contributed by atoms with van der Waals surface area (Å²) in [6, 6.07) is 2.68. The zero-order chi connectivity index (χ0) is 13.9. The van der Waals surface area contributed by atoms with Crippen LogP contribution in [0.2, 0.25) is 0 Å². The first kappa shape index (κ1) is 15.4. The van der Waals surface area contributed by atoms with Crippen molar-refractivity contribution in [2.75, 3.05) is 27.0 Å². The molecule has 1 atom stereocenters. The fourth-order valence-corrected chi connectivity index (χ4v) is 2.81. The monoisotopic (exact) mass is 267 g/mol. The van der Waals surface area contributed by atoms with Gasteiger partial charge in [-0.3, -0.25) is 0 Å². The van der Waals surface area contributed by atoms with Gasteiger partial charge >= 0.3 is 0 Å². The van der Waals surface area contributed by atoms with Crippen molar-refractivity contribution in [3.05, 3.63) is 28.3 Å². The van der Waals surface area contributed by atoms with E-state index in [0.29, 0.717) is 6.04 Å². The lowest BCUT2D eigenvalue weighted by molar-refractivity contribution is 0.292. The Morgan fingerprint density at radius 1 is 1.22 bits per heavy atom. The number of nitrogens with zero attached hydrogens (tertiary/aromatic N) is 1. The Bertz CT molecular complexity index is 415. The highest BCUT2D eigenvalue weighted by molar-refractivity contribution is 7.80. The molecule has 102 valence electrons. The Morgan fingerprint density at radius 2 is 1.83 bits per heavy atom. The quantitative estimate of drug-likeness (QED) is 0.819. The van der Waals surface area contributed by atoms with Gasteiger partial charge in [0.1, 0.15) is 5.75 Å². The van der Waals surface area contributed by atoms with Crippen LogP contribution in [0.5, 0.6) is 5.75 Å². The molecule has 0 fully saturated rings. The highest BCUT2D eigenvalue weighted by Crippen LogP contribution is 2.34. The lowest BCUT2D eigenvalue weighted by atomic mass is 9.92. The Morgan fingerprint density at radius 3 is 2.28 bits per heavy atom. The fraction of sp³-hybridized carbons (Fsp3) is 0.600. The maximum Gasteiger partial charge on any atom is 0.124 e. The number of thiol groups is 1. The molecule has 1 aromatic carbocycles. The van der Waals surface area contributed by atoms with Crippen molar-refractivity contribution < 1.29 is 4.74 Å². The molecule has 18 heavy (non-hydrogen) atoms. The maximum absolute atomic E-state index is 5.48. The van der Waals surface area contributed by atoms with E-state index in [0.717, 1.165) is 17.9 Å². The average Bonchev–Trinajstić information content (AvgIpc) is 2.31. The van der Waals surface area contributed by atoms with Crippen LogP contribution in [0.25, 0.3) is 0 Å². The van der Waals surface area contributed by atoms with Crippen molar-refractivity contribution in [2.24, 2.45) is 0 Å². The van der Waals surface area contributed by atoms with Gasteiger partial charge in [-0.1, -0.05) is 6.07 Å². The van der Waals surface area contributed by atoms with E-state index in [1.807, 2.05) is 0 Å². The summed E-state index contributed by atoms with van der Waals surface area (Å²) in [5, 5.41) is 0. The van der Waals surface area contributed by atoms with E-state index in [9.17, 15) is 0 Å². The van der Waals surface area contributed by atoms with E-state index >= 15 is 0 Å². The number of methoxy groups -OCH3 is 1. The topological polar surface area (TPSA) is 12.5 Å². The van der Waals surface area contributed by atoms with Crippen molar-refractivity contribution >= 4 is 12.6 Å². The van der Waals surface area contributed by atoms with Crippen molar-refractivity contribution in [3.8, 4) is 5.75 Å². The number of ether oxygens (including phenoxy) is 1. The highest BCUT2D eigenvalue weighted by atomic mass is 32.1. The van der Waals surface area contributed by atoms with Gasteiger partial charge in [-0.15, -0.1) is 0 Å². The van der Waals surface area contributed by atoms with Gasteiger partial charge in [0.2, 0.25) is 0 Å². The molecule has 1 unspecified atom stereocenters. The molecule has 1 aromatic rings. The van der Waals surface area contributed by atoms with Crippen LogP contribution < -0.4 is 4.74 Å². The average molecular weight is 267 g/mol. The first-order valence-corrected chi connectivity index (χ1v) is 6.99. The number of benzene rings is 1. The van der Waals surface area contributed by atoms with Gasteiger partial charge in [0.05, 0.1) is 7.11 Å². The third kappa shape index (κ3) is 3.01. The minimum atomic E-state index is 0.422. The lowest BCUT2D eigenvalue weighted by Crippen LogP contribution is -2.22. The van der Waals surface area contributed by atoms with Crippen molar-refractivity contribution in [3.63, 3.8) is 0 Å². The second-order valence-corrected chi connectivity index (χ2v) is 5.50. The first-order chi connectivity index (χ1) is 8.43. The van der Waals surface area contributed by atoms with E-state index in [2.05, 4.69) is 58.5 Å². The number of rotatable bonds is 5. The van der Waals surface area contributed by atoms with Gasteiger partial charge in [-0.2, -0.15) is 12.6 Å². The molecule has 3 heteroatoms. The van der Waals surface area contributed by atoms with Gasteiger partial charge in [0, 0.05) is 6.04 Å². The summed E-state index contributed by atoms with van der Waals surface area (Å²) < 4.78 is 5.48.